The molecule has 4 nitrogen and oxygen atoms in total. The summed E-state index contributed by atoms with van der Waals surface area (Å²) < 4.78 is 5.59. The normalized spacial score (nSPS) is 25.4. The van der Waals surface area contributed by atoms with E-state index in [1.54, 1.807) is 0 Å². The number of piperidine rings is 1. The second kappa shape index (κ2) is 5.92. The largest absolute Gasteiger partial charge is 0.444 e. The average molecular weight is 282 g/mol. The zero-order valence-electron chi connectivity index (χ0n) is 13.5. The van der Waals surface area contributed by atoms with Gasteiger partial charge in [-0.2, -0.15) is 0 Å². The van der Waals surface area contributed by atoms with Gasteiger partial charge >= 0.3 is 6.09 Å². The summed E-state index contributed by atoms with van der Waals surface area (Å²) in [4.78, 5) is 14.4. The fourth-order valence-corrected chi connectivity index (χ4v) is 3.38. The Labute approximate surface area is 123 Å². The van der Waals surface area contributed by atoms with Crippen molar-refractivity contribution >= 4 is 6.09 Å². The van der Waals surface area contributed by atoms with E-state index in [2.05, 4.69) is 12.2 Å². The molecule has 1 N–H and O–H groups in total. The van der Waals surface area contributed by atoms with Gasteiger partial charge in [0.05, 0.1) is 0 Å². The van der Waals surface area contributed by atoms with Gasteiger partial charge in [-0.1, -0.05) is 6.92 Å². The Kier molecular flexibility index (Phi) is 4.62. The molecule has 1 unspecified atom stereocenters. The summed E-state index contributed by atoms with van der Waals surface area (Å²) in [7, 11) is 0. The standard InChI is InChI=1S/C16H30N2O2/c1-5-10-17-13-7-11-18(14(19)20-15(2,3)4)16(12-13)8-6-9-16/h13,17H,5-12H2,1-4H3. The molecule has 1 heterocycles. The van der Waals surface area contributed by atoms with E-state index in [4.69, 9.17) is 4.74 Å². The minimum absolute atomic E-state index is 0.0754. The van der Waals surface area contributed by atoms with Crippen LogP contribution in [0.4, 0.5) is 4.79 Å². The smallest absolute Gasteiger partial charge is 0.410 e. The molecule has 2 aliphatic rings. The van der Waals surface area contributed by atoms with Crippen LogP contribution in [-0.4, -0.2) is 41.3 Å². The lowest BCUT2D eigenvalue weighted by Crippen LogP contribution is -2.63. The van der Waals surface area contributed by atoms with Crippen LogP contribution in [0.15, 0.2) is 0 Å². The number of ether oxygens (including phenoxy) is 1. The lowest BCUT2D eigenvalue weighted by molar-refractivity contribution is -0.0492. The second-order valence-corrected chi connectivity index (χ2v) is 7.35. The molecule has 0 aromatic heterocycles. The minimum Gasteiger partial charge on any atom is -0.444 e. The van der Waals surface area contributed by atoms with Gasteiger partial charge in [0.2, 0.25) is 0 Å². The first-order chi connectivity index (χ1) is 9.36. The van der Waals surface area contributed by atoms with Crippen molar-refractivity contribution in [3.8, 4) is 0 Å². The second-order valence-electron chi connectivity index (χ2n) is 7.35. The zero-order chi connectivity index (χ0) is 14.8. The van der Waals surface area contributed by atoms with Crippen LogP contribution in [0.25, 0.3) is 0 Å². The molecule has 1 spiro atoms. The molecule has 2 rings (SSSR count). The number of nitrogens with zero attached hydrogens (tertiary/aromatic N) is 1. The highest BCUT2D eigenvalue weighted by Crippen LogP contribution is 2.45. The Balaban J connectivity index is 1.98. The number of nitrogens with one attached hydrogen (secondary N) is 1. The first-order valence-corrected chi connectivity index (χ1v) is 8.10. The van der Waals surface area contributed by atoms with Gasteiger partial charge in [0.25, 0.3) is 0 Å². The molecule has 4 heteroatoms. The minimum atomic E-state index is -0.403. The third kappa shape index (κ3) is 3.46. The number of rotatable bonds is 3. The van der Waals surface area contributed by atoms with E-state index in [1.807, 2.05) is 25.7 Å². The first kappa shape index (κ1) is 15.6. The zero-order valence-corrected chi connectivity index (χ0v) is 13.5. The molecule has 1 amide bonds. The Hall–Kier alpha value is -0.770. The predicted octanol–water partition coefficient (Wildman–Crippen LogP) is 3.31. The summed E-state index contributed by atoms with van der Waals surface area (Å²) in [5, 5.41) is 3.62. The molecule has 1 saturated carbocycles. The van der Waals surface area contributed by atoms with Crippen LogP contribution in [0.3, 0.4) is 0 Å². The van der Waals surface area contributed by atoms with E-state index in [-0.39, 0.29) is 11.6 Å². The van der Waals surface area contributed by atoms with Crippen molar-refractivity contribution < 1.29 is 9.53 Å². The van der Waals surface area contributed by atoms with Gasteiger partial charge in [-0.25, -0.2) is 4.79 Å². The maximum Gasteiger partial charge on any atom is 0.410 e. The van der Waals surface area contributed by atoms with E-state index in [0.29, 0.717) is 6.04 Å². The molecular weight excluding hydrogens is 252 g/mol. The molecular formula is C16H30N2O2. The molecule has 0 aromatic carbocycles. The number of likely N-dealkylation sites (tertiary alicyclic amines) is 1. The lowest BCUT2D eigenvalue weighted by atomic mass is 9.69. The number of carbonyl (C=O) groups excluding carboxylic acids is 1. The maximum absolute atomic E-state index is 12.4. The van der Waals surface area contributed by atoms with Crippen molar-refractivity contribution in [1.29, 1.82) is 0 Å². The molecule has 1 saturated heterocycles. The molecule has 20 heavy (non-hydrogen) atoms. The Bertz CT molecular complexity index is 345. The van der Waals surface area contributed by atoms with Crippen LogP contribution >= 0.6 is 0 Å². The van der Waals surface area contributed by atoms with Gasteiger partial charge in [-0.05, 0) is 65.8 Å². The quantitative estimate of drug-likeness (QED) is 0.863. The van der Waals surface area contributed by atoms with Crippen LogP contribution < -0.4 is 5.32 Å². The molecule has 2 fully saturated rings. The summed E-state index contributed by atoms with van der Waals surface area (Å²) in [6, 6.07) is 0.564. The van der Waals surface area contributed by atoms with E-state index in [0.717, 1.165) is 38.8 Å². The summed E-state index contributed by atoms with van der Waals surface area (Å²) in [6.07, 6.45) is 6.69. The van der Waals surface area contributed by atoms with Gasteiger partial charge in [-0.3, -0.25) is 0 Å². The molecule has 0 aromatic rings. The van der Waals surface area contributed by atoms with Crippen LogP contribution in [0.1, 0.15) is 66.2 Å². The predicted molar refractivity (Wildman–Crippen MR) is 80.8 cm³/mol. The first-order valence-electron chi connectivity index (χ1n) is 8.10. The lowest BCUT2D eigenvalue weighted by Gasteiger charge is -2.54. The topological polar surface area (TPSA) is 41.6 Å². The van der Waals surface area contributed by atoms with E-state index in [9.17, 15) is 4.79 Å². The summed E-state index contributed by atoms with van der Waals surface area (Å²) >= 11 is 0. The number of carbonyl (C=O) groups is 1. The van der Waals surface area contributed by atoms with Gasteiger partial charge < -0.3 is 15.0 Å². The van der Waals surface area contributed by atoms with Crippen molar-refractivity contribution in [1.82, 2.24) is 10.2 Å². The molecule has 1 aliphatic carbocycles. The molecule has 0 bridgehead atoms. The monoisotopic (exact) mass is 282 g/mol. The van der Waals surface area contributed by atoms with Crippen LogP contribution in [0.2, 0.25) is 0 Å². The summed E-state index contributed by atoms with van der Waals surface area (Å²) in [5.41, 5.74) is -0.328. The fraction of sp³-hybridized carbons (Fsp3) is 0.938. The highest BCUT2D eigenvalue weighted by atomic mass is 16.6. The fourth-order valence-electron chi connectivity index (χ4n) is 3.38. The summed E-state index contributed by atoms with van der Waals surface area (Å²) in [5.74, 6) is 0. The van der Waals surface area contributed by atoms with Gasteiger partial charge in [0.15, 0.2) is 0 Å². The average Bonchev–Trinajstić information content (AvgIpc) is 2.31. The van der Waals surface area contributed by atoms with Crippen molar-refractivity contribution in [2.75, 3.05) is 13.1 Å². The molecule has 1 aliphatic heterocycles. The van der Waals surface area contributed by atoms with Crippen LogP contribution in [0, 0.1) is 0 Å². The van der Waals surface area contributed by atoms with E-state index < -0.39 is 5.60 Å². The van der Waals surface area contributed by atoms with E-state index in [1.165, 1.54) is 12.8 Å². The third-order valence-corrected chi connectivity index (χ3v) is 4.48. The number of hydrogen-bond acceptors (Lipinski definition) is 3. The Morgan fingerprint density at radius 3 is 2.60 bits per heavy atom. The van der Waals surface area contributed by atoms with Crippen molar-refractivity contribution in [2.45, 2.75) is 83.4 Å². The highest BCUT2D eigenvalue weighted by Gasteiger charge is 2.49. The Morgan fingerprint density at radius 1 is 1.40 bits per heavy atom. The Morgan fingerprint density at radius 2 is 2.10 bits per heavy atom. The maximum atomic E-state index is 12.4. The van der Waals surface area contributed by atoms with Crippen LogP contribution in [0.5, 0.6) is 0 Å². The van der Waals surface area contributed by atoms with Crippen LogP contribution in [-0.2, 0) is 4.74 Å². The number of hydrogen-bond donors (Lipinski definition) is 1. The SMILES string of the molecule is CCCNC1CCN(C(=O)OC(C)(C)C)C2(CCC2)C1. The summed E-state index contributed by atoms with van der Waals surface area (Å²) in [6.45, 7) is 9.92. The van der Waals surface area contributed by atoms with E-state index >= 15 is 0 Å². The molecule has 0 radical (unpaired) electrons. The van der Waals surface area contributed by atoms with Gasteiger partial charge in [0, 0.05) is 18.1 Å². The number of amides is 1. The highest BCUT2D eigenvalue weighted by molar-refractivity contribution is 5.69. The van der Waals surface area contributed by atoms with Crippen molar-refractivity contribution in [3.05, 3.63) is 0 Å². The van der Waals surface area contributed by atoms with Crippen molar-refractivity contribution in [2.24, 2.45) is 0 Å². The van der Waals surface area contributed by atoms with Gasteiger partial charge in [-0.15, -0.1) is 0 Å². The molecule has 116 valence electrons. The van der Waals surface area contributed by atoms with Crippen molar-refractivity contribution in [3.63, 3.8) is 0 Å². The molecule has 1 atom stereocenters. The third-order valence-electron chi connectivity index (χ3n) is 4.48. The van der Waals surface area contributed by atoms with Gasteiger partial charge in [0.1, 0.15) is 5.60 Å².